The number of furan rings is 2. The lowest BCUT2D eigenvalue weighted by atomic mass is 9.70. The molecule has 2 aliphatic carbocycles. The fourth-order valence-electron chi connectivity index (χ4n) is 12.7. The second-order valence-electron chi connectivity index (χ2n) is 19.7. The van der Waals surface area contributed by atoms with Crippen molar-refractivity contribution < 1.29 is 8.83 Å². The number of hydrogen-bond donors (Lipinski definition) is 0. The predicted octanol–water partition coefficient (Wildman–Crippen LogP) is 18.0. The van der Waals surface area contributed by atoms with Gasteiger partial charge in [-0.1, -0.05) is 212 Å². The molecule has 348 valence electrons. The lowest BCUT2D eigenvalue weighted by molar-refractivity contribution is 0.668. The summed E-state index contributed by atoms with van der Waals surface area (Å²) in [7, 11) is 0. The van der Waals surface area contributed by atoms with Gasteiger partial charge in [-0.3, -0.25) is 0 Å². The van der Waals surface area contributed by atoms with E-state index in [1.54, 1.807) is 0 Å². The van der Waals surface area contributed by atoms with E-state index in [9.17, 15) is 0 Å². The highest BCUT2D eigenvalue weighted by molar-refractivity contribution is 6.14. The minimum Gasteiger partial charge on any atom is -0.456 e. The van der Waals surface area contributed by atoms with Crippen molar-refractivity contribution >= 4 is 43.9 Å². The van der Waals surface area contributed by atoms with Gasteiger partial charge in [0.25, 0.3) is 0 Å². The highest BCUT2D eigenvalue weighted by Crippen LogP contribution is 2.64. The van der Waals surface area contributed by atoms with Gasteiger partial charge < -0.3 is 8.83 Å². The second kappa shape index (κ2) is 16.0. The van der Waals surface area contributed by atoms with Gasteiger partial charge in [-0.05, 0) is 114 Å². The van der Waals surface area contributed by atoms with Crippen molar-refractivity contribution in [3.05, 3.63) is 271 Å². The fourth-order valence-corrected chi connectivity index (χ4v) is 12.7. The van der Waals surface area contributed by atoms with Crippen LogP contribution in [0.4, 0.5) is 0 Å². The van der Waals surface area contributed by atoms with Crippen molar-refractivity contribution in [3.63, 3.8) is 0 Å². The van der Waals surface area contributed by atoms with Crippen molar-refractivity contribution in [3.8, 4) is 89.8 Å². The van der Waals surface area contributed by atoms with Crippen LogP contribution in [0.3, 0.4) is 0 Å². The number of nitrogens with zero attached hydrogens (tertiary/aromatic N) is 3. The van der Waals surface area contributed by atoms with Crippen LogP contribution in [0.2, 0.25) is 0 Å². The molecule has 0 unspecified atom stereocenters. The molecule has 16 rings (SSSR count). The molecule has 0 fully saturated rings. The monoisotopic (exact) mass is 955 g/mol. The molecule has 0 bridgehead atoms. The van der Waals surface area contributed by atoms with Gasteiger partial charge in [0, 0.05) is 38.2 Å². The summed E-state index contributed by atoms with van der Waals surface area (Å²) in [4.78, 5) is 16.1. The summed E-state index contributed by atoms with van der Waals surface area (Å²) in [6.45, 7) is 0. The molecular formula is C70H41N3O2. The van der Waals surface area contributed by atoms with E-state index in [-0.39, 0.29) is 0 Å². The molecule has 5 nitrogen and oxygen atoms in total. The Labute approximate surface area is 431 Å². The van der Waals surface area contributed by atoms with Gasteiger partial charge in [0.15, 0.2) is 17.5 Å². The van der Waals surface area contributed by atoms with E-state index in [1.807, 2.05) is 54.6 Å². The zero-order chi connectivity index (χ0) is 49.2. The average Bonchev–Trinajstić information content (AvgIpc) is 4.30. The molecule has 1 spiro atoms. The first kappa shape index (κ1) is 41.6. The van der Waals surface area contributed by atoms with Gasteiger partial charge in [0.2, 0.25) is 0 Å². The van der Waals surface area contributed by atoms with E-state index >= 15 is 0 Å². The molecule has 75 heavy (non-hydrogen) atoms. The minimum atomic E-state index is -0.413. The van der Waals surface area contributed by atoms with E-state index < -0.39 is 5.41 Å². The number of benzene rings is 11. The van der Waals surface area contributed by atoms with Crippen LogP contribution in [0, 0.1) is 0 Å². The molecule has 3 aromatic heterocycles. The summed E-state index contributed by atoms with van der Waals surface area (Å²) in [5.74, 6) is 1.68. The SMILES string of the molecule is c1ccc(-c2ccccc2-c2nc(-c3cccc4oc5ccccc5c34)nc(-c3cccc4oc5ccc(-c6cccc(-c7cccc8c7-c7ccccc7C87c8ccccc8-c8ccccc87)c6)cc5c34)n2)cc1. The van der Waals surface area contributed by atoms with Gasteiger partial charge in [0.05, 0.1) is 5.41 Å². The first-order chi connectivity index (χ1) is 37.2. The molecule has 14 aromatic rings. The molecule has 0 N–H and O–H groups in total. The molecule has 0 aliphatic heterocycles. The van der Waals surface area contributed by atoms with Gasteiger partial charge in [-0.15, -0.1) is 0 Å². The molecule has 0 atom stereocenters. The van der Waals surface area contributed by atoms with Crippen molar-refractivity contribution in [2.45, 2.75) is 5.41 Å². The number of aromatic nitrogens is 3. The maximum absolute atomic E-state index is 6.70. The highest BCUT2D eigenvalue weighted by Gasteiger charge is 2.52. The van der Waals surface area contributed by atoms with E-state index in [4.69, 9.17) is 23.8 Å². The number of fused-ring (bicyclic) bond motifs is 16. The standard InChI is InChI=1S/C70H41N3O2/c1-2-18-42(19-3-1)46-22-4-5-25-50(46)67-71-68(53-29-16-36-62-65(53)52-27-9-13-35-60(52)74-62)73-69(72-67)54-30-17-37-63-66(54)55-41-44(38-39-61(55)75-63)43-20-14-21-45(40-43)47-28-15-34-59-64(47)51-26-8-12-33-58(51)70(59)56-31-10-6-23-48(56)49-24-7-11-32-57(49)70/h1-41H. The highest BCUT2D eigenvalue weighted by atomic mass is 16.3. The fraction of sp³-hybridized carbons (Fsp3) is 0.0143. The van der Waals surface area contributed by atoms with Crippen LogP contribution in [0.5, 0.6) is 0 Å². The Morgan fingerprint density at radius 2 is 0.693 bits per heavy atom. The van der Waals surface area contributed by atoms with Crippen molar-refractivity contribution in [2.24, 2.45) is 0 Å². The first-order valence-corrected chi connectivity index (χ1v) is 25.5. The van der Waals surface area contributed by atoms with Crippen LogP contribution < -0.4 is 0 Å². The van der Waals surface area contributed by atoms with Gasteiger partial charge >= 0.3 is 0 Å². The summed E-state index contributed by atoms with van der Waals surface area (Å²) in [5, 5.41) is 3.89. The Morgan fingerprint density at radius 3 is 1.40 bits per heavy atom. The van der Waals surface area contributed by atoms with Crippen LogP contribution >= 0.6 is 0 Å². The third-order valence-corrected chi connectivity index (χ3v) is 15.8. The van der Waals surface area contributed by atoms with Gasteiger partial charge in [-0.2, -0.15) is 0 Å². The maximum Gasteiger partial charge on any atom is 0.164 e. The Morgan fingerprint density at radius 1 is 0.253 bits per heavy atom. The lowest BCUT2D eigenvalue weighted by Crippen LogP contribution is -2.25. The molecule has 2 aliphatic rings. The molecule has 0 saturated heterocycles. The summed E-state index contributed by atoms with van der Waals surface area (Å²) in [5.41, 5.74) is 22.5. The Hall–Kier alpha value is -9.97. The number of rotatable bonds is 6. The zero-order valence-electron chi connectivity index (χ0n) is 40.3. The van der Waals surface area contributed by atoms with Gasteiger partial charge in [-0.25, -0.2) is 15.0 Å². The molecule has 0 saturated carbocycles. The smallest absolute Gasteiger partial charge is 0.164 e. The second-order valence-corrected chi connectivity index (χ2v) is 19.7. The normalized spacial score (nSPS) is 12.9. The molecular weight excluding hydrogens is 915 g/mol. The molecule has 0 amide bonds. The van der Waals surface area contributed by atoms with Crippen LogP contribution in [0.15, 0.2) is 258 Å². The van der Waals surface area contributed by atoms with E-state index in [0.717, 1.165) is 88.4 Å². The predicted molar refractivity (Wildman–Crippen MR) is 303 cm³/mol. The van der Waals surface area contributed by atoms with Gasteiger partial charge in [0.1, 0.15) is 22.3 Å². The van der Waals surface area contributed by atoms with Crippen molar-refractivity contribution in [2.75, 3.05) is 0 Å². The largest absolute Gasteiger partial charge is 0.456 e. The zero-order valence-corrected chi connectivity index (χ0v) is 40.3. The summed E-state index contributed by atoms with van der Waals surface area (Å²) < 4.78 is 13.1. The van der Waals surface area contributed by atoms with Crippen LogP contribution in [0.25, 0.3) is 134 Å². The van der Waals surface area contributed by atoms with E-state index in [2.05, 4.69) is 194 Å². The lowest BCUT2D eigenvalue weighted by Gasteiger charge is -2.30. The van der Waals surface area contributed by atoms with E-state index in [1.165, 1.54) is 50.1 Å². The third kappa shape index (κ3) is 6.04. The maximum atomic E-state index is 6.70. The summed E-state index contributed by atoms with van der Waals surface area (Å²) >= 11 is 0. The van der Waals surface area contributed by atoms with E-state index in [0.29, 0.717) is 17.5 Å². The Bertz CT molecular complexity index is 4630. The quantitative estimate of drug-likeness (QED) is 0.166. The summed E-state index contributed by atoms with van der Waals surface area (Å²) in [6.07, 6.45) is 0. The Kier molecular flexibility index (Phi) is 8.89. The van der Waals surface area contributed by atoms with Crippen LogP contribution in [-0.4, -0.2) is 15.0 Å². The topological polar surface area (TPSA) is 65.0 Å². The first-order valence-electron chi connectivity index (χ1n) is 25.5. The molecule has 0 radical (unpaired) electrons. The Balaban J connectivity index is 0.868. The molecule has 3 heterocycles. The molecule has 5 heteroatoms. The van der Waals surface area contributed by atoms with Crippen molar-refractivity contribution in [1.82, 2.24) is 15.0 Å². The minimum absolute atomic E-state index is 0.413. The number of para-hydroxylation sites is 1. The third-order valence-electron chi connectivity index (χ3n) is 15.8. The van der Waals surface area contributed by atoms with Crippen LogP contribution in [-0.2, 0) is 5.41 Å². The van der Waals surface area contributed by atoms with Crippen LogP contribution in [0.1, 0.15) is 22.3 Å². The molecule has 11 aromatic carbocycles. The van der Waals surface area contributed by atoms with Crippen molar-refractivity contribution in [1.29, 1.82) is 0 Å². The average molecular weight is 956 g/mol. The summed E-state index contributed by atoms with van der Waals surface area (Å²) in [6, 6.07) is 88.6. The number of hydrogen-bond acceptors (Lipinski definition) is 5.